The molecule has 12 heteroatoms. The fourth-order valence-corrected chi connectivity index (χ4v) is 3.43. The number of rotatable bonds is 6. The fraction of sp³-hybridized carbons (Fsp3) is 0.895. The zero-order chi connectivity index (χ0) is 23.0. The average Bonchev–Trinajstić information content (AvgIpc) is 3.25. The van der Waals surface area contributed by atoms with Gasteiger partial charge in [-0.05, 0) is 27.7 Å². The van der Waals surface area contributed by atoms with Crippen LogP contribution in [0.4, 0.5) is 0 Å². The first-order valence-electron chi connectivity index (χ1n) is 9.97. The molecule has 3 saturated heterocycles. The summed E-state index contributed by atoms with van der Waals surface area (Å²) in [6, 6.07) is 0. The first-order chi connectivity index (χ1) is 14.4. The minimum Gasteiger partial charge on any atom is -0.461 e. The molecule has 0 radical (unpaired) electrons. The van der Waals surface area contributed by atoms with E-state index in [1.807, 2.05) is 0 Å². The van der Waals surface area contributed by atoms with Gasteiger partial charge in [0, 0.05) is 7.11 Å². The van der Waals surface area contributed by atoms with Gasteiger partial charge < -0.3 is 48.1 Å². The summed E-state index contributed by atoms with van der Waals surface area (Å²) in [5, 5.41) is 20.9. The predicted molar refractivity (Wildman–Crippen MR) is 98.3 cm³/mol. The van der Waals surface area contributed by atoms with E-state index in [-0.39, 0.29) is 19.8 Å². The topological polar surface area (TPSA) is 148 Å². The highest BCUT2D eigenvalue weighted by Crippen LogP contribution is 2.28. The molecular weight excluding hydrogens is 420 g/mol. The minimum absolute atomic E-state index is 0.0158. The molecule has 3 heterocycles. The molecule has 0 saturated carbocycles. The van der Waals surface area contributed by atoms with Gasteiger partial charge >= 0.3 is 11.9 Å². The molecule has 3 fully saturated rings. The highest BCUT2D eigenvalue weighted by atomic mass is 16.8. The second-order valence-corrected chi connectivity index (χ2v) is 8.43. The Morgan fingerprint density at radius 2 is 1.48 bits per heavy atom. The molecule has 0 aromatic carbocycles. The zero-order valence-electron chi connectivity index (χ0n) is 18.1. The number of carbonyl (C=O) groups excluding carboxylic acids is 2. The number of carbonyl (C=O) groups is 2. The van der Waals surface area contributed by atoms with E-state index >= 15 is 0 Å². The summed E-state index contributed by atoms with van der Waals surface area (Å²) in [7, 11) is 1.28. The number of aliphatic hydroxyl groups is 2. The lowest BCUT2D eigenvalue weighted by Gasteiger charge is -2.41. The maximum Gasteiger partial charge on any atom is 0.338 e. The van der Waals surface area contributed by atoms with Crippen molar-refractivity contribution in [1.29, 1.82) is 0 Å². The van der Waals surface area contributed by atoms with Crippen LogP contribution >= 0.6 is 0 Å². The standard InChI is InChI=1S/C19H30O12/c1-18(2)26-7-10(30-18)15(22)25-6-9-12(20)13(21)14(17(24-5)28-9)29-16(23)11-8-27-19(3,4)31-11/h9-14,17,20-21H,6-8H2,1-5H3/t9-,10?,11?,12-,13+,14-,17+/m1/s1. The van der Waals surface area contributed by atoms with Crippen LogP contribution in [-0.2, 0) is 47.5 Å². The molecule has 12 nitrogen and oxygen atoms in total. The number of hydrogen-bond acceptors (Lipinski definition) is 12. The van der Waals surface area contributed by atoms with Crippen molar-refractivity contribution in [3.05, 3.63) is 0 Å². The van der Waals surface area contributed by atoms with Crippen LogP contribution in [0.25, 0.3) is 0 Å². The van der Waals surface area contributed by atoms with Gasteiger partial charge in [0.05, 0.1) is 13.2 Å². The predicted octanol–water partition coefficient (Wildman–Crippen LogP) is -1.16. The first-order valence-corrected chi connectivity index (χ1v) is 9.97. The van der Waals surface area contributed by atoms with Crippen molar-refractivity contribution in [2.75, 3.05) is 26.9 Å². The Bertz CT molecular complexity index is 660. The van der Waals surface area contributed by atoms with Gasteiger partial charge in [-0.15, -0.1) is 0 Å². The van der Waals surface area contributed by atoms with Crippen molar-refractivity contribution in [2.45, 2.75) is 82.2 Å². The van der Waals surface area contributed by atoms with Crippen molar-refractivity contribution >= 4 is 11.9 Å². The van der Waals surface area contributed by atoms with E-state index < -0.39 is 66.4 Å². The number of aliphatic hydroxyl groups excluding tert-OH is 2. The van der Waals surface area contributed by atoms with Crippen molar-refractivity contribution in [3.63, 3.8) is 0 Å². The SMILES string of the molecule is CO[C@H]1O[C@H](COC(=O)C2COC(C)(C)O2)[C@@H](O)[C@H](O)[C@H]1OC(=O)C1COC(C)(C)O1. The molecule has 2 N–H and O–H groups in total. The Kier molecular flexibility index (Phi) is 7.23. The average molecular weight is 450 g/mol. The van der Waals surface area contributed by atoms with Crippen molar-refractivity contribution in [1.82, 2.24) is 0 Å². The molecule has 0 aliphatic carbocycles. The van der Waals surface area contributed by atoms with Crippen LogP contribution in [0.15, 0.2) is 0 Å². The summed E-state index contributed by atoms with van der Waals surface area (Å²) in [5.74, 6) is -3.33. The van der Waals surface area contributed by atoms with Gasteiger partial charge in [0.1, 0.15) is 24.9 Å². The van der Waals surface area contributed by atoms with E-state index in [1.54, 1.807) is 27.7 Å². The molecule has 0 bridgehead atoms. The molecule has 0 aromatic heterocycles. The maximum absolute atomic E-state index is 12.4. The molecule has 2 unspecified atom stereocenters. The lowest BCUT2D eigenvalue weighted by atomic mass is 9.99. The highest BCUT2D eigenvalue weighted by Gasteiger charge is 2.49. The van der Waals surface area contributed by atoms with Gasteiger partial charge in [0.25, 0.3) is 0 Å². The molecule has 0 spiro atoms. The Morgan fingerprint density at radius 3 is 1.97 bits per heavy atom. The van der Waals surface area contributed by atoms with Gasteiger partial charge in [-0.1, -0.05) is 0 Å². The van der Waals surface area contributed by atoms with E-state index in [2.05, 4.69) is 0 Å². The van der Waals surface area contributed by atoms with Crippen LogP contribution in [0.1, 0.15) is 27.7 Å². The molecule has 3 aliphatic heterocycles. The number of hydrogen-bond donors (Lipinski definition) is 2. The summed E-state index contributed by atoms with van der Waals surface area (Å²) in [6.45, 7) is 6.26. The summed E-state index contributed by atoms with van der Waals surface area (Å²) >= 11 is 0. The smallest absolute Gasteiger partial charge is 0.338 e. The van der Waals surface area contributed by atoms with Crippen LogP contribution in [0.3, 0.4) is 0 Å². The number of methoxy groups -OCH3 is 1. The van der Waals surface area contributed by atoms with Gasteiger partial charge in [-0.2, -0.15) is 0 Å². The highest BCUT2D eigenvalue weighted by molar-refractivity contribution is 5.75. The zero-order valence-corrected chi connectivity index (χ0v) is 18.1. The second kappa shape index (κ2) is 9.24. The third-order valence-electron chi connectivity index (χ3n) is 5.06. The van der Waals surface area contributed by atoms with E-state index in [9.17, 15) is 19.8 Å². The third-order valence-corrected chi connectivity index (χ3v) is 5.06. The van der Waals surface area contributed by atoms with Crippen LogP contribution in [0, 0.1) is 0 Å². The fourth-order valence-electron chi connectivity index (χ4n) is 3.43. The van der Waals surface area contributed by atoms with E-state index in [0.29, 0.717) is 0 Å². The Morgan fingerprint density at radius 1 is 0.935 bits per heavy atom. The van der Waals surface area contributed by atoms with Crippen molar-refractivity contribution < 1.29 is 57.7 Å². The van der Waals surface area contributed by atoms with E-state index in [0.717, 1.165) is 0 Å². The molecule has 178 valence electrons. The van der Waals surface area contributed by atoms with Gasteiger partial charge in [-0.25, -0.2) is 9.59 Å². The maximum atomic E-state index is 12.4. The van der Waals surface area contributed by atoms with Crippen LogP contribution < -0.4 is 0 Å². The summed E-state index contributed by atoms with van der Waals surface area (Å²) in [6.07, 6.45) is -8.67. The molecule has 3 aliphatic rings. The lowest BCUT2D eigenvalue weighted by molar-refractivity contribution is -0.300. The Balaban J connectivity index is 1.55. The van der Waals surface area contributed by atoms with Crippen LogP contribution in [0.5, 0.6) is 0 Å². The largest absolute Gasteiger partial charge is 0.461 e. The second-order valence-electron chi connectivity index (χ2n) is 8.43. The first kappa shape index (κ1) is 24.3. The molecule has 7 atom stereocenters. The van der Waals surface area contributed by atoms with E-state index in [4.69, 9.17) is 37.9 Å². The number of ether oxygens (including phenoxy) is 8. The van der Waals surface area contributed by atoms with Gasteiger partial charge in [0.2, 0.25) is 0 Å². The Labute approximate surface area is 179 Å². The molecular formula is C19H30O12. The van der Waals surface area contributed by atoms with E-state index in [1.165, 1.54) is 7.11 Å². The van der Waals surface area contributed by atoms with Gasteiger partial charge in [0.15, 0.2) is 36.2 Å². The summed E-state index contributed by atoms with van der Waals surface area (Å²) in [4.78, 5) is 24.6. The molecule has 0 amide bonds. The third kappa shape index (κ3) is 5.71. The molecule has 0 aromatic rings. The molecule has 31 heavy (non-hydrogen) atoms. The van der Waals surface area contributed by atoms with Crippen LogP contribution in [-0.4, -0.2) is 104 Å². The normalized spacial score (nSPS) is 39.3. The molecule has 3 rings (SSSR count). The summed E-state index contributed by atoms with van der Waals surface area (Å²) < 4.78 is 42.6. The van der Waals surface area contributed by atoms with Crippen molar-refractivity contribution in [3.8, 4) is 0 Å². The van der Waals surface area contributed by atoms with Crippen LogP contribution in [0.2, 0.25) is 0 Å². The summed E-state index contributed by atoms with van der Waals surface area (Å²) in [5.41, 5.74) is 0. The number of esters is 2. The van der Waals surface area contributed by atoms with Gasteiger partial charge in [-0.3, -0.25) is 0 Å². The van der Waals surface area contributed by atoms with Crippen molar-refractivity contribution in [2.24, 2.45) is 0 Å². The minimum atomic E-state index is -1.56. The monoisotopic (exact) mass is 450 g/mol. The Hall–Kier alpha value is -1.38. The lowest BCUT2D eigenvalue weighted by Crippen LogP contribution is -2.61. The quantitative estimate of drug-likeness (QED) is 0.470.